The van der Waals surface area contributed by atoms with Crippen LogP contribution in [0.4, 0.5) is 0 Å². The Hall–Kier alpha value is -1.12. The second-order valence-electron chi connectivity index (χ2n) is 3.12. The van der Waals surface area contributed by atoms with Crippen molar-refractivity contribution >= 4 is 5.97 Å². The van der Waals surface area contributed by atoms with E-state index in [1.807, 2.05) is 4.90 Å². The highest BCUT2D eigenvalue weighted by Crippen LogP contribution is 2.04. The van der Waals surface area contributed by atoms with Gasteiger partial charge in [0.05, 0.1) is 26.2 Å². The van der Waals surface area contributed by atoms with Crippen molar-refractivity contribution in [2.75, 3.05) is 33.4 Å². The first kappa shape index (κ1) is 11.0. The fraction of sp³-hybridized carbons (Fsp3) is 0.778. The van der Waals surface area contributed by atoms with E-state index in [1.165, 1.54) is 7.11 Å². The maximum atomic E-state index is 10.9. The van der Waals surface area contributed by atoms with Gasteiger partial charge in [0.1, 0.15) is 0 Å². The van der Waals surface area contributed by atoms with Gasteiger partial charge in [-0.05, 0) is 0 Å². The van der Waals surface area contributed by atoms with Gasteiger partial charge in [0.25, 0.3) is 0 Å². The van der Waals surface area contributed by atoms with Gasteiger partial charge in [-0.15, -0.1) is 0 Å². The van der Waals surface area contributed by atoms with E-state index in [9.17, 15) is 4.79 Å². The van der Waals surface area contributed by atoms with Gasteiger partial charge in [-0.3, -0.25) is 9.69 Å². The van der Waals surface area contributed by atoms with Gasteiger partial charge < -0.3 is 9.47 Å². The van der Waals surface area contributed by atoms with E-state index >= 15 is 0 Å². The van der Waals surface area contributed by atoms with Crippen LogP contribution >= 0.6 is 0 Å². The third kappa shape index (κ3) is 3.32. The minimum absolute atomic E-state index is 0.218. The van der Waals surface area contributed by atoms with Crippen LogP contribution < -0.4 is 0 Å². The lowest BCUT2D eigenvalue weighted by atomic mass is 10.2. The molecule has 0 aromatic carbocycles. The molecule has 14 heavy (non-hydrogen) atoms. The molecular formula is C9H14N2O3. The molecule has 0 saturated carbocycles. The predicted octanol–water partition coefficient (Wildman–Crippen LogP) is -0.226. The molecule has 78 valence electrons. The van der Waals surface area contributed by atoms with Crippen LogP contribution in [0.25, 0.3) is 0 Å². The van der Waals surface area contributed by atoms with Crippen LogP contribution in [0.1, 0.15) is 6.42 Å². The maximum absolute atomic E-state index is 10.9. The zero-order valence-corrected chi connectivity index (χ0v) is 8.23. The van der Waals surface area contributed by atoms with Crippen molar-refractivity contribution in [2.24, 2.45) is 0 Å². The summed E-state index contributed by atoms with van der Waals surface area (Å²) in [6.07, 6.45) is 0.00987. The Kier molecular flexibility index (Phi) is 4.36. The molecule has 0 aromatic heterocycles. The van der Waals surface area contributed by atoms with Gasteiger partial charge in [0.2, 0.25) is 0 Å². The van der Waals surface area contributed by atoms with Gasteiger partial charge in [0, 0.05) is 19.6 Å². The third-order valence-corrected chi connectivity index (χ3v) is 2.15. The number of carbonyl (C=O) groups is 1. The van der Waals surface area contributed by atoms with Crippen molar-refractivity contribution in [3.63, 3.8) is 0 Å². The Labute approximate surface area is 83.2 Å². The molecule has 0 amide bonds. The molecule has 5 nitrogen and oxygen atoms in total. The summed E-state index contributed by atoms with van der Waals surface area (Å²) >= 11 is 0. The van der Waals surface area contributed by atoms with Crippen LogP contribution in [-0.4, -0.2) is 50.3 Å². The molecule has 5 heteroatoms. The SMILES string of the molecule is COC(=O)CCN1CCOC(C#N)C1. The van der Waals surface area contributed by atoms with E-state index in [-0.39, 0.29) is 12.1 Å². The molecule has 1 saturated heterocycles. The number of nitrogens with zero attached hydrogens (tertiary/aromatic N) is 2. The first-order valence-corrected chi connectivity index (χ1v) is 4.56. The summed E-state index contributed by atoms with van der Waals surface area (Å²) in [5.41, 5.74) is 0. The largest absolute Gasteiger partial charge is 0.469 e. The van der Waals surface area contributed by atoms with E-state index < -0.39 is 0 Å². The minimum Gasteiger partial charge on any atom is -0.469 e. The number of rotatable bonds is 3. The number of hydrogen-bond donors (Lipinski definition) is 0. The van der Waals surface area contributed by atoms with Gasteiger partial charge in [-0.25, -0.2) is 0 Å². The van der Waals surface area contributed by atoms with E-state index in [1.54, 1.807) is 0 Å². The zero-order valence-electron chi connectivity index (χ0n) is 8.23. The lowest BCUT2D eigenvalue weighted by molar-refractivity contribution is -0.141. The summed E-state index contributed by atoms with van der Waals surface area (Å²) in [5, 5.41) is 8.64. The number of hydrogen-bond acceptors (Lipinski definition) is 5. The molecule has 1 fully saturated rings. The smallest absolute Gasteiger partial charge is 0.306 e. The molecule has 1 unspecified atom stereocenters. The standard InChI is InChI=1S/C9H14N2O3/c1-13-9(12)2-3-11-4-5-14-8(6-10)7-11/h8H,2-5,7H2,1H3. The van der Waals surface area contributed by atoms with Crippen LogP contribution in [-0.2, 0) is 14.3 Å². The Balaban J connectivity index is 2.24. The highest BCUT2D eigenvalue weighted by atomic mass is 16.5. The monoisotopic (exact) mass is 198 g/mol. The Bertz CT molecular complexity index is 237. The maximum Gasteiger partial charge on any atom is 0.306 e. The van der Waals surface area contributed by atoms with Crippen molar-refractivity contribution in [3.05, 3.63) is 0 Å². The minimum atomic E-state index is -0.360. The molecular weight excluding hydrogens is 184 g/mol. The van der Waals surface area contributed by atoms with E-state index in [0.29, 0.717) is 26.1 Å². The van der Waals surface area contributed by atoms with Crippen LogP contribution in [0, 0.1) is 11.3 Å². The molecule has 0 aliphatic carbocycles. The number of carbonyl (C=O) groups excluding carboxylic acids is 1. The molecule has 0 bridgehead atoms. The molecule has 1 aliphatic rings. The molecule has 0 spiro atoms. The predicted molar refractivity (Wildman–Crippen MR) is 48.4 cm³/mol. The van der Waals surface area contributed by atoms with Crippen molar-refractivity contribution in [1.82, 2.24) is 4.90 Å². The molecule has 0 N–H and O–H groups in total. The molecule has 1 heterocycles. The van der Waals surface area contributed by atoms with Gasteiger partial charge >= 0.3 is 5.97 Å². The summed E-state index contributed by atoms with van der Waals surface area (Å²) in [6, 6.07) is 2.06. The van der Waals surface area contributed by atoms with Crippen LogP contribution in [0.15, 0.2) is 0 Å². The van der Waals surface area contributed by atoms with E-state index in [4.69, 9.17) is 10.00 Å². The second kappa shape index (κ2) is 5.58. The summed E-state index contributed by atoms with van der Waals surface area (Å²) in [6.45, 7) is 2.54. The summed E-state index contributed by atoms with van der Waals surface area (Å²) < 4.78 is 9.70. The highest BCUT2D eigenvalue weighted by molar-refractivity contribution is 5.69. The van der Waals surface area contributed by atoms with Crippen molar-refractivity contribution in [1.29, 1.82) is 5.26 Å². The summed E-state index contributed by atoms with van der Waals surface area (Å²) in [4.78, 5) is 12.9. The number of methoxy groups -OCH3 is 1. The number of nitriles is 1. The Morgan fingerprint density at radius 2 is 2.57 bits per heavy atom. The molecule has 1 rings (SSSR count). The molecule has 0 radical (unpaired) electrons. The van der Waals surface area contributed by atoms with Gasteiger partial charge in [-0.2, -0.15) is 5.26 Å². The van der Waals surface area contributed by atoms with E-state index in [0.717, 1.165) is 6.54 Å². The quantitative estimate of drug-likeness (QED) is 0.586. The average Bonchev–Trinajstić information content (AvgIpc) is 2.26. The van der Waals surface area contributed by atoms with Crippen LogP contribution in [0.5, 0.6) is 0 Å². The van der Waals surface area contributed by atoms with Crippen LogP contribution in [0.2, 0.25) is 0 Å². The van der Waals surface area contributed by atoms with Crippen molar-refractivity contribution in [3.8, 4) is 6.07 Å². The summed E-state index contributed by atoms with van der Waals surface area (Å²) in [7, 11) is 1.37. The lowest BCUT2D eigenvalue weighted by Gasteiger charge is -2.29. The Morgan fingerprint density at radius 1 is 1.79 bits per heavy atom. The molecule has 1 atom stereocenters. The first-order chi connectivity index (χ1) is 6.76. The van der Waals surface area contributed by atoms with Crippen molar-refractivity contribution < 1.29 is 14.3 Å². The van der Waals surface area contributed by atoms with Gasteiger partial charge in [0.15, 0.2) is 6.10 Å². The second-order valence-corrected chi connectivity index (χ2v) is 3.12. The first-order valence-electron chi connectivity index (χ1n) is 4.56. The van der Waals surface area contributed by atoms with E-state index in [2.05, 4.69) is 10.8 Å². The number of ether oxygens (including phenoxy) is 2. The Morgan fingerprint density at radius 3 is 3.21 bits per heavy atom. The number of morpholine rings is 1. The lowest BCUT2D eigenvalue weighted by Crippen LogP contribution is -2.42. The topological polar surface area (TPSA) is 62.6 Å². The number of esters is 1. The fourth-order valence-corrected chi connectivity index (χ4v) is 1.34. The molecule has 0 aromatic rings. The van der Waals surface area contributed by atoms with Gasteiger partial charge in [-0.1, -0.05) is 0 Å². The molecule has 1 aliphatic heterocycles. The zero-order chi connectivity index (χ0) is 10.4. The van der Waals surface area contributed by atoms with Crippen LogP contribution in [0.3, 0.4) is 0 Å². The third-order valence-electron chi connectivity index (χ3n) is 2.15. The van der Waals surface area contributed by atoms with Crippen molar-refractivity contribution in [2.45, 2.75) is 12.5 Å². The average molecular weight is 198 g/mol. The normalized spacial score (nSPS) is 22.7. The fourth-order valence-electron chi connectivity index (χ4n) is 1.34. The summed E-state index contributed by atoms with van der Waals surface area (Å²) in [5.74, 6) is -0.218. The highest BCUT2D eigenvalue weighted by Gasteiger charge is 2.20.